The molecule has 4 unspecified atom stereocenters. The van der Waals surface area contributed by atoms with Crippen molar-refractivity contribution in [3.05, 3.63) is 0 Å². The van der Waals surface area contributed by atoms with Crippen molar-refractivity contribution in [2.24, 2.45) is 23.7 Å². The van der Waals surface area contributed by atoms with Crippen LogP contribution in [0, 0.1) is 23.7 Å². The van der Waals surface area contributed by atoms with Crippen molar-refractivity contribution in [2.75, 3.05) is 19.6 Å². The second-order valence-electron chi connectivity index (χ2n) is 6.03. The molecule has 2 aliphatic rings. The van der Waals surface area contributed by atoms with Crippen molar-refractivity contribution in [1.29, 1.82) is 0 Å². The van der Waals surface area contributed by atoms with E-state index in [1.165, 1.54) is 25.7 Å². The summed E-state index contributed by atoms with van der Waals surface area (Å²) in [5, 5.41) is 8.97. The van der Waals surface area contributed by atoms with Gasteiger partial charge in [-0.1, -0.05) is 20.3 Å². The van der Waals surface area contributed by atoms with Gasteiger partial charge in [0, 0.05) is 13.1 Å². The van der Waals surface area contributed by atoms with Gasteiger partial charge in [-0.3, -0.25) is 4.79 Å². The SMILES string of the molecule is CCN(CC(C)C(=O)O)CC1CC2CCC1C2. The Bertz CT molecular complexity index is 279. The van der Waals surface area contributed by atoms with E-state index < -0.39 is 5.97 Å². The Morgan fingerprint density at radius 3 is 2.65 bits per heavy atom. The molecule has 2 rings (SSSR count). The van der Waals surface area contributed by atoms with Gasteiger partial charge in [-0.2, -0.15) is 0 Å². The third-order valence-corrected chi connectivity index (χ3v) is 4.78. The maximum absolute atomic E-state index is 10.9. The number of fused-ring (bicyclic) bond motifs is 2. The van der Waals surface area contributed by atoms with E-state index in [9.17, 15) is 4.79 Å². The van der Waals surface area contributed by atoms with Crippen LogP contribution in [-0.2, 0) is 4.79 Å². The molecule has 0 radical (unpaired) electrons. The van der Waals surface area contributed by atoms with Gasteiger partial charge in [0.15, 0.2) is 0 Å². The second-order valence-corrected chi connectivity index (χ2v) is 6.03. The number of carboxylic acid groups (broad SMARTS) is 1. The summed E-state index contributed by atoms with van der Waals surface area (Å²) in [5.41, 5.74) is 0. The molecule has 0 saturated heterocycles. The average molecular weight is 239 g/mol. The molecular weight excluding hydrogens is 214 g/mol. The maximum Gasteiger partial charge on any atom is 0.307 e. The summed E-state index contributed by atoms with van der Waals surface area (Å²) in [6.45, 7) is 6.76. The molecule has 98 valence electrons. The van der Waals surface area contributed by atoms with E-state index in [1.807, 2.05) is 6.92 Å². The number of carbonyl (C=O) groups is 1. The second kappa shape index (κ2) is 5.38. The lowest BCUT2D eigenvalue weighted by Gasteiger charge is -2.30. The Kier molecular flexibility index (Phi) is 4.08. The molecular formula is C14H25NO2. The third-order valence-electron chi connectivity index (χ3n) is 4.78. The van der Waals surface area contributed by atoms with Gasteiger partial charge in [-0.25, -0.2) is 0 Å². The molecule has 0 heterocycles. The quantitative estimate of drug-likeness (QED) is 0.774. The molecule has 0 aromatic heterocycles. The van der Waals surface area contributed by atoms with Gasteiger partial charge in [0.2, 0.25) is 0 Å². The van der Waals surface area contributed by atoms with Gasteiger partial charge in [-0.15, -0.1) is 0 Å². The van der Waals surface area contributed by atoms with Crippen molar-refractivity contribution < 1.29 is 9.90 Å². The fourth-order valence-corrected chi connectivity index (χ4v) is 3.73. The van der Waals surface area contributed by atoms with Crippen molar-refractivity contribution in [3.8, 4) is 0 Å². The molecule has 0 aromatic rings. The molecule has 3 nitrogen and oxygen atoms in total. The van der Waals surface area contributed by atoms with Crippen LogP contribution in [0.1, 0.15) is 39.5 Å². The van der Waals surface area contributed by atoms with Gasteiger partial charge in [-0.05, 0) is 43.6 Å². The van der Waals surface area contributed by atoms with Gasteiger partial charge in [0.1, 0.15) is 0 Å². The zero-order valence-electron chi connectivity index (χ0n) is 11.1. The van der Waals surface area contributed by atoms with E-state index in [2.05, 4.69) is 11.8 Å². The fourth-order valence-electron chi connectivity index (χ4n) is 3.73. The fraction of sp³-hybridized carbons (Fsp3) is 0.929. The monoisotopic (exact) mass is 239 g/mol. The molecule has 0 aromatic carbocycles. The van der Waals surface area contributed by atoms with E-state index in [0.29, 0.717) is 6.54 Å². The lowest BCUT2D eigenvalue weighted by molar-refractivity contribution is -0.141. The van der Waals surface area contributed by atoms with Crippen LogP contribution < -0.4 is 0 Å². The van der Waals surface area contributed by atoms with Gasteiger partial charge >= 0.3 is 5.97 Å². The van der Waals surface area contributed by atoms with Crippen LogP contribution in [0.5, 0.6) is 0 Å². The van der Waals surface area contributed by atoms with E-state index >= 15 is 0 Å². The van der Waals surface area contributed by atoms with Crippen LogP contribution in [-0.4, -0.2) is 35.6 Å². The molecule has 3 heteroatoms. The summed E-state index contributed by atoms with van der Waals surface area (Å²) >= 11 is 0. The Morgan fingerprint density at radius 2 is 2.18 bits per heavy atom. The largest absolute Gasteiger partial charge is 0.481 e. The minimum atomic E-state index is -0.670. The molecule has 2 fully saturated rings. The first-order valence-electron chi connectivity index (χ1n) is 7.05. The molecule has 0 amide bonds. The van der Waals surface area contributed by atoms with Gasteiger partial charge < -0.3 is 10.0 Å². The highest BCUT2D eigenvalue weighted by atomic mass is 16.4. The van der Waals surface area contributed by atoms with Crippen molar-refractivity contribution >= 4 is 5.97 Å². The molecule has 0 aliphatic heterocycles. The summed E-state index contributed by atoms with van der Waals surface area (Å²) in [7, 11) is 0. The Balaban J connectivity index is 1.81. The zero-order chi connectivity index (χ0) is 12.4. The smallest absolute Gasteiger partial charge is 0.307 e. The zero-order valence-corrected chi connectivity index (χ0v) is 11.1. The summed E-state index contributed by atoms with van der Waals surface area (Å²) < 4.78 is 0. The molecule has 0 spiro atoms. The molecule has 2 saturated carbocycles. The van der Waals surface area contributed by atoms with Crippen LogP contribution in [0.25, 0.3) is 0 Å². The standard InChI is InChI=1S/C14H25NO2/c1-3-15(8-10(2)14(16)17)9-13-7-11-4-5-12(13)6-11/h10-13H,3-9H2,1-2H3,(H,16,17). The first kappa shape index (κ1) is 12.9. The summed E-state index contributed by atoms with van der Waals surface area (Å²) in [5.74, 6) is 1.86. The van der Waals surface area contributed by atoms with Crippen molar-refractivity contribution in [2.45, 2.75) is 39.5 Å². The van der Waals surface area contributed by atoms with Gasteiger partial charge in [0.25, 0.3) is 0 Å². The molecule has 2 bridgehead atoms. The summed E-state index contributed by atoms with van der Waals surface area (Å²) in [4.78, 5) is 13.2. The predicted molar refractivity (Wildman–Crippen MR) is 67.9 cm³/mol. The van der Waals surface area contributed by atoms with Crippen LogP contribution in [0.4, 0.5) is 0 Å². The van der Waals surface area contributed by atoms with Crippen molar-refractivity contribution in [1.82, 2.24) is 4.90 Å². The summed E-state index contributed by atoms with van der Waals surface area (Å²) in [6, 6.07) is 0. The predicted octanol–water partition coefficient (Wildman–Crippen LogP) is 2.47. The van der Waals surface area contributed by atoms with Crippen LogP contribution in [0.2, 0.25) is 0 Å². The number of hydrogen-bond acceptors (Lipinski definition) is 2. The highest BCUT2D eigenvalue weighted by Gasteiger charge is 2.39. The summed E-state index contributed by atoms with van der Waals surface area (Å²) in [6.07, 6.45) is 5.69. The Hall–Kier alpha value is -0.570. The van der Waals surface area contributed by atoms with E-state index in [1.54, 1.807) is 0 Å². The molecule has 17 heavy (non-hydrogen) atoms. The molecule has 4 atom stereocenters. The number of rotatable bonds is 6. The van der Waals surface area contributed by atoms with E-state index in [0.717, 1.165) is 30.8 Å². The molecule has 1 N–H and O–H groups in total. The van der Waals surface area contributed by atoms with Crippen LogP contribution in [0.15, 0.2) is 0 Å². The minimum absolute atomic E-state index is 0.242. The lowest BCUT2D eigenvalue weighted by atomic mass is 9.88. The van der Waals surface area contributed by atoms with E-state index in [-0.39, 0.29) is 5.92 Å². The highest BCUT2D eigenvalue weighted by Crippen LogP contribution is 2.48. The van der Waals surface area contributed by atoms with Crippen LogP contribution >= 0.6 is 0 Å². The topological polar surface area (TPSA) is 40.5 Å². The number of nitrogens with zero attached hydrogens (tertiary/aromatic N) is 1. The highest BCUT2D eigenvalue weighted by molar-refractivity contribution is 5.69. The van der Waals surface area contributed by atoms with Crippen molar-refractivity contribution in [3.63, 3.8) is 0 Å². The van der Waals surface area contributed by atoms with E-state index in [4.69, 9.17) is 5.11 Å². The number of carboxylic acids is 1. The maximum atomic E-state index is 10.9. The third kappa shape index (κ3) is 3.01. The Labute approximate surface area is 104 Å². The minimum Gasteiger partial charge on any atom is -0.481 e. The Morgan fingerprint density at radius 1 is 1.41 bits per heavy atom. The van der Waals surface area contributed by atoms with Gasteiger partial charge in [0.05, 0.1) is 5.92 Å². The first-order chi connectivity index (χ1) is 8.10. The first-order valence-corrected chi connectivity index (χ1v) is 7.05. The number of hydrogen-bond donors (Lipinski definition) is 1. The average Bonchev–Trinajstić information content (AvgIpc) is 2.89. The van der Waals surface area contributed by atoms with Crippen LogP contribution in [0.3, 0.4) is 0 Å². The normalized spacial score (nSPS) is 33.2. The lowest BCUT2D eigenvalue weighted by Crippen LogP contribution is -2.36. The molecule has 2 aliphatic carbocycles. The number of aliphatic carboxylic acids is 1.